The number of rotatable bonds is 3. The fourth-order valence-electron chi connectivity index (χ4n) is 3.16. The van der Waals surface area contributed by atoms with Gasteiger partial charge in [-0.05, 0) is 51.4 Å². The van der Waals surface area contributed by atoms with Crippen molar-refractivity contribution in [2.24, 2.45) is 0 Å². The zero-order chi connectivity index (χ0) is 18.2. The van der Waals surface area contributed by atoms with Crippen molar-refractivity contribution in [3.05, 3.63) is 24.0 Å². The minimum atomic E-state index is -0.570. The Balaban J connectivity index is 1.77. The number of nitrogens with zero attached hydrogens (tertiary/aromatic N) is 3. The molecular formula is C18H25BFN3O2. The van der Waals surface area contributed by atoms with E-state index in [4.69, 9.17) is 14.6 Å². The van der Waals surface area contributed by atoms with E-state index < -0.39 is 18.3 Å². The Hall–Kier alpha value is -1.62. The Labute approximate surface area is 149 Å². The molecule has 0 N–H and O–H groups in total. The van der Waals surface area contributed by atoms with Gasteiger partial charge in [-0.3, -0.25) is 4.90 Å². The van der Waals surface area contributed by atoms with Crippen molar-refractivity contribution in [2.75, 3.05) is 37.6 Å². The zero-order valence-corrected chi connectivity index (χ0v) is 15.4. The van der Waals surface area contributed by atoms with Gasteiger partial charge in [-0.1, -0.05) is 0 Å². The Morgan fingerprint density at radius 2 is 1.68 bits per heavy atom. The lowest BCUT2D eigenvalue weighted by atomic mass is 9.78. The van der Waals surface area contributed by atoms with Crippen LogP contribution in [0.25, 0.3) is 0 Å². The molecule has 3 rings (SSSR count). The molecule has 7 heteroatoms. The molecule has 134 valence electrons. The fraction of sp³-hybridized carbons (Fsp3) is 0.611. The fourth-order valence-corrected chi connectivity index (χ4v) is 3.16. The SMILES string of the molecule is CC1(C)OB(c2cc(F)cc(N3CCN(CC#N)CC3)c2)OC1(C)C. The highest BCUT2D eigenvalue weighted by atomic mass is 19.1. The second-order valence-corrected chi connectivity index (χ2v) is 7.75. The van der Waals surface area contributed by atoms with Gasteiger partial charge in [0.1, 0.15) is 5.82 Å². The summed E-state index contributed by atoms with van der Waals surface area (Å²) in [5.41, 5.74) is 0.634. The summed E-state index contributed by atoms with van der Waals surface area (Å²) in [6.45, 7) is 11.5. The largest absolute Gasteiger partial charge is 0.495 e. The summed E-state index contributed by atoms with van der Waals surface area (Å²) in [7, 11) is -0.570. The van der Waals surface area contributed by atoms with Crippen LogP contribution in [0.2, 0.25) is 0 Å². The first-order chi connectivity index (χ1) is 11.7. The molecule has 0 amide bonds. The van der Waals surface area contributed by atoms with Crippen LogP contribution in [0.5, 0.6) is 0 Å². The molecule has 2 aliphatic rings. The normalized spacial score (nSPS) is 22.9. The molecule has 0 bridgehead atoms. The molecule has 0 radical (unpaired) electrons. The predicted molar refractivity (Wildman–Crippen MR) is 96.4 cm³/mol. The minimum Gasteiger partial charge on any atom is -0.399 e. The lowest BCUT2D eigenvalue weighted by Crippen LogP contribution is -2.47. The van der Waals surface area contributed by atoms with Crippen molar-refractivity contribution in [1.29, 1.82) is 5.26 Å². The van der Waals surface area contributed by atoms with E-state index in [1.807, 2.05) is 33.8 Å². The van der Waals surface area contributed by atoms with Crippen molar-refractivity contribution < 1.29 is 13.7 Å². The van der Waals surface area contributed by atoms with E-state index in [0.29, 0.717) is 12.0 Å². The highest BCUT2D eigenvalue weighted by Crippen LogP contribution is 2.36. The zero-order valence-electron chi connectivity index (χ0n) is 15.4. The average Bonchev–Trinajstić information content (AvgIpc) is 2.76. The van der Waals surface area contributed by atoms with E-state index in [2.05, 4.69) is 15.9 Å². The van der Waals surface area contributed by atoms with Crippen LogP contribution in [0, 0.1) is 17.1 Å². The van der Waals surface area contributed by atoms with Crippen LogP contribution < -0.4 is 10.4 Å². The van der Waals surface area contributed by atoms with Gasteiger partial charge >= 0.3 is 7.12 Å². The summed E-state index contributed by atoms with van der Waals surface area (Å²) >= 11 is 0. The average molecular weight is 345 g/mol. The van der Waals surface area contributed by atoms with Crippen molar-refractivity contribution in [1.82, 2.24) is 4.90 Å². The smallest absolute Gasteiger partial charge is 0.399 e. The maximum Gasteiger partial charge on any atom is 0.495 e. The third-order valence-corrected chi connectivity index (χ3v) is 5.46. The number of hydrogen-bond donors (Lipinski definition) is 0. The Kier molecular flexibility index (Phi) is 4.80. The highest BCUT2D eigenvalue weighted by molar-refractivity contribution is 6.62. The number of halogens is 1. The minimum absolute atomic E-state index is 0.290. The Bertz CT molecular complexity index is 665. The molecule has 0 unspecified atom stereocenters. The molecule has 0 aliphatic carbocycles. The maximum atomic E-state index is 14.2. The van der Waals surface area contributed by atoms with Crippen molar-refractivity contribution in [3.63, 3.8) is 0 Å². The number of nitriles is 1. The second kappa shape index (κ2) is 6.60. The van der Waals surface area contributed by atoms with Gasteiger partial charge in [0.15, 0.2) is 0 Å². The van der Waals surface area contributed by atoms with Gasteiger partial charge in [0.25, 0.3) is 0 Å². The molecule has 1 aromatic carbocycles. The monoisotopic (exact) mass is 345 g/mol. The van der Waals surface area contributed by atoms with Crippen LogP contribution in [-0.2, 0) is 9.31 Å². The van der Waals surface area contributed by atoms with Crippen LogP contribution in [-0.4, -0.2) is 55.9 Å². The quantitative estimate of drug-likeness (QED) is 0.617. The van der Waals surface area contributed by atoms with E-state index >= 15 is 0 Å². The predicted octanol–water partition coefficient (Wildman–Crippen LogP) is 1.77. The third-order valence-electron chi connectivity index (χ3n) is 5.46. The number of hydrogen-bond acceptors (Lipinski definition) is 5. The number of benzene rings is 1. The Morgan fingerprint density at radius 3 is 2.24 bits per heavy atom. The van der Waals surface area contributed by atoms with Crippen LogP contribution in [0.3, 0.4) is 0 Å². The summed E-state index contributed by atoms with van der Waals surface area (Å²) in [6, 6.07) is 7.16. The van der Waals surface area contributed by atoms with E-state index in [1.54, 1.807) is 6.07 Å². The molecule has 1 aromatic rings. The van der Waals surface area contributed by atoms with Gasteiger partial charge in [-0.25, -0.2) is 4.39 Å². The molecule has 0 spiro atoms. The third kappa shape index (κ3) is 3.66. The summed E-state index contributed by atoms with van der Waals surface area (Å²) < 4.78 is 26.3. The molecule has 2 fully saturated rings. The lowest BCUT2D eigenvalue weighted by molar-refractivity contribution is 0.00578. The molecule has 2 heterocycles. The first-order valence-electron chi connectivity index (χ1n) is 8.72. The standard InChI is InChI=1S/C18H25BFN3O2/c1-17(2)18(3,4)25-19(24-17)14-11-15(20)13-16(12-14)23-9-7-22(6-5-21)8-10-23/h11-13H,6-10H2,1-4H3. The van der Waals surface area contributed by atoms with Gasteiger partial charge in [0.2, 0.25) is 0 Å². The molecule has 25 heavy (non-hydrogen) atoms. The molecule has 2 saturated heterocycles. The van der Waals surface area contributed by atoms with E-state index in [-0.39, 0.29) is 5.82 Å². The van der Waals surface area contributed by atoms with Gasteiger partial charge in [0, 0.05) is 31.9 Å². The van der Waals surface area contributed by atoms with Crippen LogP contribution >= 0.6 is 0 Å². The van der Waals surface area contributed by atoms with Gasteiger partial charge in [-0.15, -0.1) is 0 Å². The first-order valence-corrected chi connectivity index (χ1v) is 8.72. The second-order valence-electron chi connectivity index (χ2n) is 7.75. The Morgan fingerprint density at radius 1 is 1.08 bits per heavy atom. The van der Waals surface area contributed by atoms with Crippen molar-refractivity contribution >= 4 is 18.3 Å². The molecule has 0 saturated carbocycles. The number of piperazine rings is 1. The molecule has 2 aliphatic heterocycles. The summed E-state index contributed by atoms with van der Waals surface area (Å²) in [6.07, 6.45) is 0. The summed E-state index contributed by atoms with van der Waals surface area (Å²) in [4.78, 5) is 4.25. The highest BCUT2D eigenvalue weighted by Gasteiger charge is 2.51. The lowest BCUT2D eigenvalue weighted by Gasteiger charge is -2.35. The van der Waals surface area contributed by atoms with E-state index in [0.717, 1.165) is 31.9 Å². The molecule has 0 atom stereocenters. The van der Waals surface area contributed by atoms with E-state index in [9.17, 15) is 4.39 Å². The van der Waals surface area contributed by atoms with Crippen molar-refractivity contribution in [3.8, 4) is 6.07 Å². The van der Waals surface area contributed by atoms with Crippen LogP contribution in [0.1, 0.15) is 27.7 Å². The summed E-state index contributed by atoms with van der Waals surface area (Å²) in [5.74, 6) is -0.290. The van der Waals surface area contributed by atoms with Gasteiger partial charge in [0.05, 0.1) is 23.8 Å². The number of anilines is 1. The summed E-state index contributed by atoms with van der Waals surface area (Å²) in [5, 5.41) is 8.80. The topological polar surface area (TPSA) is 48.7 Å². The van der Waals surface area contributed by atoms with Gasteiger partial charge < -0.3 is 14.2 Å². The first kappa shape index (κ1) is 18.2. The van der Waals surface area contributed by atoms with Crippen LogP contribution in [0.4, 0.5) is 10.1 Å². The van der Waals surface area contributed by atoms with Crippen LogP contribution in [0.15, 0.2) is 18.2 Å². The molecule has 5 nitrogen and oxygen atoms in total. The van der Waals surface area contributed by atoms with Crippen molar-refractivity contribution in [2.45, 2.75) is 38.9 Å². The molecule has 0 aromatic heterocycles. The van der Waals surface area contributed by atoms with E-state index in [1.165, 1.54) is 6.07 Å². The maximum absolute atomic E-state index is 14.2. The van der Waals surface area contributed by atoms with Gasteiger partial charge in [-0.2, -0.15) is 5.26 Å². The molecular weight excluding hydrogens is 320 g/mol.